The second kappa shape index (κ2) is 8.85. The predicted molar refractivity (Wildman–Crippen MR) is 105 cm³/mol. The fourth-order valence-electron chi connectivity index (χ4n) is 3.63. The molecule has 1 fully saturated rings. The molecule has 0 amide bonds. The molecule has 3 rings (SSSR count). The summed E-state index contributed by atoms with van der Waals surface area (Å²) in [5, 5.41) is 19.1. The summed E-state index contributed by atoms with van der Waals surface area (Å²) in [6, 6.07) is 12.9. The van der Waals surface area contributed by atoms with Gasteiger partial charge in [-0.2, -0.15) is 5.26 Å². The number of pyridine rings is 1. The second-order valence-electron chi connectivity index (χ2n) is 6.89. The number of aliphatic hydroxyl groups excluding tert-OH is 1. The molecule has 142 valence electrons. The lowest BCUT2D eigenvalue weighted by molar-refractivity contribution is 0.135. The third kappa shape index (κ3) is 4.38. The molecule has 0 saturated carbocycles. The van der Waals surface area contributed by atoms with Gasteiger partial charge in [-0.3, -0.25) is 4.90 Å². The normalized spacial score (nSPS) is 17.6. The van der Waals surface area contributed by atoms with Crippen LogP contribution in [0.15, 0.2) is 36.5 Å². The number of hydrogen-bond donors (Lipinski definition) is 1. The van der Waals surface area contributed by atoms with Crippen LogP contribution in [-0.2, 0) is 6.54 Å². The number of aliphatic hydroxyl groups is 1. The zero-order valence-corrected chi connectivity index (χ0v) is 15.9. The van der Waals surface area contributed by atoms with Gasteiger partial charge in [0.15, 0.2) is 0 Å². The predicted octanol–water partition coefficient (Wildman–Crippen LogP) is 2.34. The first kappa shape index (κ1) is 19.2. The van der Waals surface area contributed by atoms with Gasteiger partial charge in [0.05, 0.1) is 12.8 Å². The number of benzene rings is 1. The van der Waals surface area contributed by atoms with E-state index in [1.54, 1.807) is 6.20 Å². The highest BCUT2D eigenvalue weighted by Gasteiger charge is 2.28. The average molecular weight is 366 g/mol. The first-order chi connectivity index (χ1) is 13.2. The molecule has 6 heteroatoms. The van der Waals surface area contributed by atoms with Crippen molar-refractivity contribution in [2.24, 2.45) is 0 Å². The first-order valence-corrected chi connectivity index (χ1v) is 9.24. The molecule has 1 aromatic heterocycles. The Morgan fingerprint density at radius 2 is 2.04 bits per heavy atom. The molecule has 2 aromatic rings. The van der Waals surface area contributed by atoms with Crippen molar-refractivity contribution in [2.75, 3.05) is 38.3 Å². The molecule has 27 heavy (non-hydrogen) atoms. The van der Waals surface area contributed by atoms with Crippen LogP contribution in [0.25, 0.3) is 0 Å². The van der Waals surface area contributed by atoms with Crippen molar-refractivity contribution in [3.63, 3.8) is 0 Å². The number of rotatable bonds is 6. The molecule has 1 unspecified atom stereocenters. The Morgan fingerprint density at radius 1 is 1.26 bits per heavy atom. The van der Waals surface area contributed by atoms with E-state index in [2.05, 4.69) is 52.0 Å². The molecular weight excluding hydrogens is 340 g/mol. The van der Waals surface area contributed by atoms with Gasteiger partial charge in [0.25, 0.3) is 0 Å². The minimum Gasteiger partial charge on any atom is -0.480 e. The fourth-order valence-corrected chi connectivity index (χ4v) is 3.63. The van der Waals surface area contributed by atoms with Gasteiger partial charge in [0.2, 0.25) is 5.88 Å². The molecule has 1 aliphatic rings. The van der Waals surface area contributed by atoms with Crippen molar-refractivity contribution >= 4 is 5.69 Å². The van der Waals surface area contributed by atoms with Crippen molar-refractivity contribution in [1.29, 1.82) is 5.26 Å². The van der Waals surface area contributed by atoms with Gasteiger partial charge in [0.1, 0.15) is 11.6 Å². The molecular formula is C21H26N4O2. The summed E-state index contributed by atoms with van der Waals surface area (Å²) in [6.45, 7) is 5.54. The standard InChI is InChI=1S/C21H26N4O2/c1-16-3-5-17(6-4-16)14-24-10-11-25(15-18(24)8-12-26)20-7-9-23-21(27-2)19(20)13-22/h3-7,9,18,26H,8,10-12,14-15H2,1-2H3. The number of ether oxygens (including phenoxy) is 1. The van der Waals surface area contributed by atoms with Gasteiger partial charge in [-0.15, -0.1) is 0 Å². The van der Waals surface area contributed by atoms with E-state index in [1.807, 2.05) is 6.07 Å². The lowest BCUT2D eigenvalue weighted by atomic mass is 10.0. The minimum atomic E-state index is 0.147. The van der Waals surface area contributed by atoms with E-state index < -0.39 is 0 Å². The summed E-state index contributed by atoms with van der Waals surface area (Å²) in [4.78, 5) is 8.76. The van der Waals surface area contributed by atoms with Crippen LogP contribution in [0.1, 0.15) is 23.1 Å². The van der Waals surface area contributed by atoms with E-state index in [-0.39, 0.29) is 12.6 Å². The molecule has 6 nitrogen and oxygen atoms in total. The molecule has 2 heterocycles. The molecule has 1 atom stereocenters. The maximum atomic E-state index is 9.55. The van der Waals surface area contributed by atoms with Crippen LogP contribution in [-0.4, -0.2) is 54.4 Å². The van der Waals surface area contributed by atoms with E-state index in [9.17, 15) is 10.4 Å². The first-order valence-electron chi connectivity index (χ1n) is 9.24. The van der Waals surface area contributed by atoms with Crippen LogP contribution in [0.3, 0.4) is 0 Å². The SMILES string of the molecule is COc1nccc(N2CCN(Cc3ccc(C)cc3)C(CCO)C2)c1C#N. The maximum absolute atomic E-state index is 9.55. The van der Waals surface area contributed by atoms with Crippen LogP contribution >= 0.6 is 0 Å². The Bertz CT molecular complexity index is 801. The van der Waals surface area contributed by atoms with Gasteiger partial charge >= 0.3 is 0 Å². The highest BCUT2D eigenvalue weighted by atomic mass is 16.5. The summed E-state index contributed by atoms with van der Waals surface area (Å²) in [6.07, 6.45) is 2.38. The number of piperazine rings is 1. The summed E-state index contributed by atoms with van der Waals surface area (Å²) in [7, 11) is 1.53. The Morgan fingerprint density at radius 3 is 2.70 bits per heavy atom. The van der Waals surface area contributed by atoms with Crippen molar-refractivity contribution < 1.29 is 9.84 Å². The topological polar surface area (TPSA) is 72.6 Å². The molecule has 1 aliphatic heterocycles. The van der Waals surface area contributed by atoms with Crippen LogP contribution < -0.4 is 9.64 Å². The van der Waals surface area contributed by atoms with E-state index >= 15 is 0 Å². The van der Waals surface area contributed by atoms with Gasteiger partial charge in [-0.25, -0.2) is 4.98 Å². The Kier molecular flexibility index (Phi) is 6.28. The highest BCUT2D eigenvalue weighted by Crippen LogP contribution is 2.29. The van der Waals surface area contributed by atoms with Crippen molar-refractivity contribution in [1.82, 2.24) is 9.88 Å². The number of nitrogens with zero attached hydrogens (tertiary/aromatic N) is 4. The molecule has 0 aliphatic carbocycles. The number of anilines is 1. The third-order valence-corrected chi connectivity index (χ3v) is 5.11. The molecule has 1 N–H and O–H groups in total. The molecule has 0 spiro atoms. The lowest BCUT2D eigenvalue weighted by Crippen LogP contribution is -2.53. The molecule has 0 radical (unpaired) electrons. The van der Waals surface area contributed by atoms with E-state index in [0.29, 0.717) is 17.9 Å². The summed E-state index contributed by atoms with van der Waals surface area (Å²) in [5.74, 6) is 0.357. The average Bonchev–Trinajstić information content (AvgIpc) is 2.70. The second-order valence-corrected chi connectivity index (χ2v) is 6.89. The van der Waals surface area contributed by atoms with Crippen LogP contribution in [0.5, 0.6) is 5.88 Å². The van der Waals surface area contributed by atoms with E-state index in [4.69, 9.17) is 4.74 Å². The van der Waals surface area contributed by atoms with Crippen molar-refractivity contribution in [2.45, 2.75) is 25.9 Å². The quantitative estimate of drug-likeness (QED) is 0.846. The van der Waals surface area contributed by atoms with Crippen LogP contribution in [0, 0.1) is 18.3 Å². The zero-order chi connectivity index (χ0) is 19.2. The maximum Gasteiger partial charge on any atom is 0.233 e. The monoisotopic (exact) mass is 366 g/mol. The van der Waals surface area contributed by atoms with Crippen LogP contribution in [0.4, 0.5) is 5.69 Å². The molecule has 1 aromatic carbocycles. The molecule has 0 bridgehead atoms. The molecule has 1 saturated heterocycles. The van der Waals surface area contributed by atoms with E-state index in [0.717, 1.165) is 31.9 Å². The number of aromatic nitrogens is 1. The fraction of sp³-hybridized carbons (Fsp3) is 0.429. The number of methoxy groups -OCH3 is 1. The number of aryl methyl sites for hydroxylation is 1. The zero-order valence-electron chi connectivity index (χ0n) is 15.9. The Hall–Kier alpha value is -2.62. The summed E-state index contributed by atoms with van der Waals surface area (Å²) < 4.78 is 5.24. The van der Waals surface area contributed by atoms with Gasteiger partial charge in [0, 0.05) is 45.0 Å². The Balaban J connectivity index is 1.78. The number of nitriles is 1. The Labute approximate surface area is 160 Å². The number of hydrogen-bond acceptors (Lipinski definition) is 6. The minimum absolute atomic E-state index is 0.147. The van der Waals surface area contributed by atoms with E-state index in [1.165, 1.54) is 18.2 Å². The lowest BCUT2D eigenvalue weighted by Gasteiger charge is -2.42. The van der Waals surface area contributed by atoms with Crippen molar-refractivity contribution in [3.8, 4) is 11.9 Å². The highest BCUT2D eigenvalue weighted by molar-refractivity contribution is 5.63. The largest absolute Gasteiger partial charge is 0.480 e. The third-order valence-electron chi connectivity index (χ3n) is 5.11. The summed E-state index contributed by atoms with van der Waals surface area (Å²) >= 11 is 0. The van der Waals surface area contributed by atoms with Gasteiger partial charge in [-0.05, 0) is 25.0 Å². The van der Waals surface area contributed by atoms with Gasteiger partial charge < -0.3 is 14.7 Å². The van der Waals surface area contributed by atoms with Crippen LogP contribution in [0.2, 0.25) is 0 Å². The smallest absolute Gasteiger partial charge is 0.233 e. The van der Waals surface area contributed by atoms with Gasteiger partial charge in [-0.1, -0.05) is 29.8 Å². The van der Waals surface area contributed by atoms with Crippen molar-refractivity contribution in [3.05, 3.63) is 53.2 Å². The summed E-state index contributed by atoms with van der Waals surface area (Å²) in [5.41, 5.74) is 3.85.